The van der Waals surface area contributed by atoms with Crippen molar-refractivity contribution in [2.75, 3.05) is 5.32 Å². The molecule has 0 saturated heterocycles. The molecule has 0 fully saturated rings. The van der Waals surface area contributed by atoms with Crippen molar-refractivity contribution >= 4 is 28.9 Å². The fourth-order valence-electron chi connectivity index (χ4n) is 5.12. The number of aromatic nitrogens is 4. The highest BCUT2D eigenvalue weighted by molar-refractivity contribution is 7.10. The molecule has 9 heteroatoms. The molecule has 0 spiro atoms. The van der Waals surface area contributed by atoms with Gasteiger partial charge in [0.2, 0.25) is 0 Å². The first-order valence-electron chi connectivity index (χ1n) is 11.0. The van der Waals surface area contributed by atoms with Gasteiger partial charge in [-0.25, -0.2) is 14.5 Å². The molecule has 34 heavy (non-hydrogen) atoms. The van der Waals surface area contributed by atoms with Crippen molar-refractivity contribution in [2.24, 2.45) is 0 Å². The molecule has 3 N–H and O–H groups in total. The fourth-order valence-corrected chi connectivity index (χ4v) is 5.95. The maximum absolute atomic E-state index is 13.5. The van der Waals surface area contributed by atoms with E-state index in [0.717, 1.165) is 11.3 Å². The van der Waals surface area contributed by atoms with Crippen molar-refractivity contribution in [3.05, 3.63) is 93.0 Å². The Morgan fingerprint density at radius 1 is 1.21 bits per heavy atom. The van der Waals surface area contributed by atoms with Crippen LogP contribution in [-0.2, 0) is 4.79 Å². The molecule has 2 unspecified atom stereocenters. The molecular weight excluding hydrogens is 450 g/mol. The van der Waals surface area contributed by atoms with E-state index < -0.39 is 11.9 Å². The third-order valence-electron chi connectivity index (χ3n) is 6.56. The van der Waals surface area contributed by atoms with Gasteiger partial charge in [0.1, 0.15) is 11.6 Å². The summed E-state index contributed by atoms with van der Waals surface area (Å²) in [4.78, 5) is 34.4. The minimum absolute atomic E-state index is 0.0947. The van der Waals surface area contributed by atoms with E-state index >= 15 is 0 Å². The summed E-state index contributed by atoms with van der Waals surface area (Å²) in [5, 5.41) is 20.0. The van der Waals surface area contributed by atoms with Gasteiger partial charge in [-0.15, -0.1) is 11.3 Å². The molecule has 1 aliphatic heterocycles. The van der Waals surface area contributed by atoms with E-state index in [9.17, 15) is 14.7 Å². The van der Waals surface area contributed by atoms with Gasteiger partial charge in [-0.2, -0.15) is 5.10 Å². The zero-order chi connectivity index (χ0) is 23.4. The third kappa shape index (κ3) is 3.12. The first-order valence-corrected chi connectivity index (χ1v) is 11.9. The molecule has 3 aromatic heterocycles. The number of rotatable bonds is 4. The maximum atomic E-state index is 13.5. The molecule has 0 amide bonds. The number of aryl methyl sites for hydroxylation is 1. The van der Waals surface area contributed by atoms with Crippen LogP contribution >= 0.6 is 11.3 Å². The van der Waals surface area contributed by atoms with Gasteiger partial charge in [0.15, 0.2) is 5.78 Å². The number of carbonyl (C=O) groups is 2. The van der Waals surface area contributed by atoms with Crippen molar-refractivity contribution in [3.8, 4) is 5.69 Å². The van der Waals surface area contributed by atoms with Crippen molar-refractivity contribution in [3.63, 3.8) is 0 Å². The average molecular weight is 472 g/mol. The number of nitrogens with zero attached hydrogens (tertiary/aromatic N) is 3. The first kappa shape index (κ1) is 20.6. The molecular formula is C25H21N5O3S. The number of aromatic carboxylic acids is 1. The molecule has 0 saturated carbocycles. The Kier molecular flexibility index (Phi) is 4.73. The van der Waals surface area contributed by atoms with E-state index in [2.05, 4.69) is 21.4 Å². The van der Waals surface area contributed by atoms with Gasteiger partial charge in [-0.1, -0.05) is 18.2 Å². The molecule has 6 rings (SSSR count). The molecule has 2 aliphatic rings. The average Bonchev–Trinajstić information content (AvgIpc) is 3.60. The predicted molar refractivity (Wildman–Crippen MR) is 128 cm³/mol. The number of hydrogen-bond donors (Lipinski definition) is 3. The number of H-pyrrole nitrogens is 1. The number of hydrogen-bond acceptors (Lipinski definition) is 6. The number of aromatic amines is 1. The lowest BCUT2D eigenvalue weighted by Gasteiger charge is -2.34. The van der Waals surface area contributed by atoms with Crippen LogP contribution in [0.25, 0.3) is 5.69 Å². The van der Waals surface area contributed by atoms with Crippen LogP contribution in [0.5, 0.6) is 0 Å². The lowest BCUT2D eigenvalue weighted by molar-refractivity contribution is -0.116. The largest absolute Gasteiger partial charge is 0.478 e. The highest BCUT2D eigenvalue weighted by atomic mass is 32.1. The summed E-state index contributed by atoms with van der Waals surface area (Å²) in [6.45, 7) is 1.88. The van der Waals surface area contributed by atoms with Crippen molar-refractivity contribution < 1.29 is 14.7 Å². The summed E-state index contributed by atoms with van der Waals surface area (Å²) in [7, 11) is 0. The number of carboxylic acid groups (broad SMARTS) is 1. The van der Waals surface area contributed by atoms with E-state index in [1.165, 1.54) is 4.88 Å². The zero-order valence-corrected chi connectivity index (χ0v) is 19.1. The van der Waals surface area contributed by atoms with Crippen LogP contribution in [0, 0.1) is 6.92 Å². The topological polar surface area (TPSA) is 113 Å². The van der Waals surface area contributed by atoms with Crippen LogP contribution in [0.3, 0.4) is 0 Å². The lowest BCUT2D eigenvalue weighted by atomic mass is 9.75. The SMILES string of the molecule is Cc1nn(-c2ccccc2C(=O)O)c2c1C(c1ncc[nH]1)C1=C(CC(c3cccs3)CC1=O)N2. The van der Waals surface area contributed by atoms with Gasteiger partial charge < -0.3 is 15.4 Å². The smallest absolute Gasteiger partial charge is 0.337 e. The first-order chi connectivity index (χ1) is 16.5. The minimum atomic E-state index is -1.03. The minimum Gasteiger partial charge on any atom is -0.478 e. The molecule has 2 atom stereocenters. The predicted octanol–water partition coefficient (Wildman–Crippen LogP) is 4.62. The van der Waals surface area contributed by atoms with Gasteiger partial charge in [0.25, 0.3) is 0 Å². The van der Waals surface area contributed by atoms with Crippen molar-refractivity contribution in [1.82, 2.24) is 19.7 Å². The van der Waals surface area contributed by atoms with Crippen LogP contribution in [0.2, 0.25) is 0 Å². The maximum Gasteiger partial charge on any atom is 0.337 e. The van der Waals surface area contributed by atoms with Crippen LogP contribution in [-0.4, -0.2) is 36.6 Å². The van der Waals surface area contributed by atoms with Crippen molar-refractivity contribution in [1.29, 1.82) is 0 Å². The number of ketones is 1. The Morgan fingerprint density at radius 3 is 2.79 bits per heavy atom. The number of allylic oxidation sites excluding steroid dienone is 2. The normalized spacial score (nSPS) is 19.5. The van der Waals surface area contributed by atoms with E-state index in [-0.39, 0.29) is 17.3 Å². The Morgan fingerprint density at radius 2 is 2.06 bits per heavy atom. The highest BCUT2D eigenvalue weighted by Crippen LogP contribution is 2.49. The second-order valence-electron chi connectivity index (χ2n) is 8.55. The Labute approximate surface area is 199 Å². The number of fused-ring (bicyclic) bond motifs is 1. The number of carboxylic acids is 1. The fraction of sp³-hybridized carbons (Fsp3) is 0.200. The molecule has 170 valence electrons. The number of nitrogens with one attached hydrogen (secondary N) is 2. The zero-order valence-electron chi connectivity index (χ0n) is 18.3. The summed E-state index contributed by atoms with van der Waals surface area (Å²) in [6, 6.07) is 10.9. The van der Waals surface area contributed by atoms with E-state index in [1.807, 2.05) is 18.4 Å². The number of Topliss-reactive ketones (excluding diaryl/α,β-unsaturated/α-hetero) is 1. The Bertz CT molecular complexity index is 1450. The van der Waals surface area contributed by atoms with Crippen LogP contribution in [0.1, 0.15) is 57.0 Å². The quantitative estimate of drug-likeness (QED) is 0.400. The van der Waals surface area contributed by atoms with E-state index in [0.29, 0.717) is 41.4 Å². The molecule has 8 nitrogen and oxygen atoms in total. The number of thiophene rings is 1. The van der Waals surface area contributed by atoms with Crippen LogP contribution < -0.4 is 5.32 Å². The summed E-state index contributed by atoms with van der Waals surface area (Å²) in [5.41, 5.74) is 3.72. The number of benzene rings is 1. The molecule has 1 aliphatic carbocycles. The standard InChI is InChI=1S/C25H21N5O3S/c1-13-20-22(23-26-8-9-27-23)21-16(11-14(12-18(21)31)19-7-4-10-34-19)28-24(20)30(29-13)17-6-3-2-5-15(17)25(32)33/h2-10,14,22,28H,11-12H2,1H3,(H,26,27)(H,32,33). The van der Waals surface area contributed by atoms with Gasteiger partial charge in [0, 0.05) is 46.4 Å². The van der Waals surface area contributed by atoms with Gasteiger partial charge in [0.05, 0.1) is 22.9 Å². The number of carbonyl (C=O) groups excluding carboxylic acids is 1. The Hall–Kier alpha value is -3.98. The number of anilines is 1. The van der Waals surface area contributed by atoms with Crippen molar-refractivity contribution in [2.45, 2.75) is 31.6 Å². The Balaban J connectivity index is 1.55. The van der Waals surface area contributed by atoms with E-state index in [1.54, 1.807) is 52.7 Å². The van der Waals surface area contributed by atoms with Crippen LogP contribution in [0.4, 0.5) is 5.82 Å². The number of para-hydroxylation sites is 1. The monoisotopic (exact) mass is 471 g/mol. The van der Waals surface area contributed by atoms with E-state index in [4.69, 9.17) is 5.10 Å². The highest BCUT2D eigenvalue weighted by Gasteiger charge is 2.42. The summed E-state index contributed by atoms with van der Waals surface area (Å²) < 4.78 is 1.65. The summed E-state index contributed by atoms with van der Waals surface area (Å²) in [6.07, 6.45) is 4.56. The van der Waals surface area contributed by atoms with Gasteiger partial charge in [-0.05, 0) is 36.9 Å². The molecule has 1 aromatic carbocycles. The van der Waals surface area contributed by atoms with Crippen LogP contribution in [0.15, 0.2) is 65.4 Å². The van der Waals surface area contributed by atoms with Gasteiger partial charge >= 0.3 is 5.97 Å². The summed E-state index contributed by atoms with van der Waals surface area (Å²) in [5.74, 6) is 0.113. The second-order valence-corrected chi connectivity index (χ2v) is 9.53. The van der Waals surface area contributed by atoms with Gasteiger partial charge in [-0.3, -0.25) is 4.79 Å². The number of imidazole rings is 1. The molecule has 4 heterocycles. The summed E-state index contributed by atoms with van der Waals surface area (Å²) >= 11 is 1.66. The lowest BCUT2D eigenvalue weighted by Crippen LogP contribution is -2.30. The second kappa shape index (κ2) is 7.81. The third-order valence-corrected chi connectivity index (χ3v) is 7.60. The molecule has 4 aromatic rings. The molecule has 0 bridgehead atoms. The molecule has 0 radical (unpaired) electrons.